The molecule has 1 aliphatic heterocycles. The number of nitrogens with one attached hydrogen (secondary N) is 2. The Kier molecular flexibility index (Phi) is 7.74. The van der Waals surface area contributed by atoms with E-state index >= 15 is 0 Å². The molecule has 1 aliphatic carbocycles. The SMILES string of the molecule is CN(C)C(=O)CN1CCC(Oc2ccc(-c3n[nH]c4ccc(C(=O)NC(c5ccccc5)C5CC5)cc34)cc2)CC1. The molecule has 1 saturated carbocycles. The van der Waals surface area contributed by atoms with Crippen molar-refractivity contribution in [3.05, 3.63) is 83.9 Å². The molecule has 8 nitrogen and oxygen atoms in total. The molecule has 0 spiro atoms. The monoisotopic (exact) mass is 551 g/mol. The molecule has 2 aliphatic rings. The Hall–Kier alpha value is -4.17. The highest BCUT2D eigenvalue weighted by Crippen LogP contribution is 2.41. The van der Waals surface area contributed by atoms with Gasteiger partial charge < -0.3 is 15.0 Å². The molecule has 2 heterocycles. The first-order valence-electron chi connectivity index (χ1n) is 14.5. The minimum absolute atomic E-state index is 0.0311. The molecule has 1 saturated heterocycles. The molecule has 8 heteroatoms. The number of likely N-dealkylation sites (tertiary alicyclic amines) is 1. The summed E-state index contributed by atoms with van der Waals surface area (Å²) < 4.78 is 6.26. The minimum atomic E-state index is -0.0688. The lowest BCUT2D eigenvalue weighted by Gasteiger charge is -2.32. The Bertz CT molecular complexity index is 1500. The zero-order chi connectivity index (χ0) is 28.3. The largest absolute Gasteiger partial charge is 0.490 e. The van der Waals surface area contributed by atoms with Crippen LogP contribution in [0.3, 0.4) is 0 Å². The molecule has 6 rings (SSSR count). The van der Waals surface area contributed by atoms with E-state index in [-0.39, 0.29) is 24.0 Å². The molecule has 4 aromatic rings. The molecule has 41 heavy (non-hydrogen) atoms. The number of rotatable bonds is 9. The number of aromatic nitrogens is 2. The molecule has 0 radical (unpaired) electrons. The molecule has 212 valence electrons. The number of piperidine rings is 1. The second kappa shape index (κ2) is 11.7. The van der Waals surface area contributed by atoms with Gasteiger partial charge in [0.2, 0.25) is 5.91 Å². The third-order valence-corrected chi connectivity index (χ3v) is 8.19. The first-order chi connectivity index (χ1) is 19.9. The number of carbonyl (C=O) groups excluding carboxylic acids is 2. The van der Waals surface area contributed by atoms with Crippen molar-refractivity contribution in [2.24, 2.45) is 5.92 Å². The normalized spacial score (nSPS) is 16.8. The molecular weight excluding hydrogens is 514 g/mol. The summed E-state index contributed by atoms with van der Waals surface area (Å²) in [6.07, 6.45) is 4.20. The summed E-state index contributed by atoms with van der Waals surface area (Å²) in [5.41, 5.74) is 4.43. The van der Waals surface area contributed by atoms with Gasteiger partial charge in [-0.2, -0.15) is 5.10 Å². The Morgan fingerprint density at radius 1 is 1.00 bits per heavy atom. The maximum absolute atomic E-state index is 13.3. The van der Waals surface area contributed by atoms with E-state index in [0.717, 1.165) is 72.2 Å². The van der Waals surface area contributed by atoms with Crippen molar-refractivity contribution in [1.29, 1.82) is 0 Å². The van der Waals surface area contributed by atoms with Crippen LogP contribution < -0.4 is 10.1 Å². The van der Waals surface area contributed by atoms with Gasteiger partial charge in [-0.3, -0.25) is 19.6 Å². The predicted molar refractivity (Wildman–Crippen MR) is 160 cm³/mol. The molecule has 3 aromatic carbocycles. The van der Waals surface area contributed by atoms with Gasteiger partial charge in [0.25, 0.3) is 5.91 Å². The van der Waals surface area contributed by atoms with Crippen molar-refractivity contribution < 1.29 is 14.3 Å². The number of ether oxygens (including phenoxy) is 1. The standard InChI is InChI=1S/C33H37N5O3/c1-37(2)30(39)21-38-18-16-27(17-19-38)41-26-13-10-24(11-14-26)32-28-20-25(12-15-29(28)35-36-32)33(40)34-31(23-8-9-23)22-6-4-3-5-7-22/h3-7,10-15,20,23,27,31H,8-9,16-19,21H2,1-2H3,(H,34,40)(H,35,36). The van der Waals surface area contributed by atoms with Gasteiger partial charge in [0.05, 0.1) is 23.8 Å². The number of fused-ring (bicyclic) bond motifs is 1. The van der Waals surface area contributed by atoms with Crippen molar-refractivity contribution in [3.8, 4) is 17.0 Å². The molecule has 1 atom stereocenters. The van der Waals surface area contributed by atoms with Crippen molar-refractivity contribution in [2.45, 2.75) is 37.8 Å². The predicted octanol–water partition coefficient (Wildman–Crippen LogP) is 5.04. The van der Waals surface area contributed by atoms with Crippen LogP contribution in [0.5, 0.6) is 5.75 Å². The zero-order valence-corrected chi connectivity index (χ0v) is 23.7. The fourth-order valence-electron chi connectivity index (χ4n) is 5.56. The van der Waals surface area contributed by atoms with E-state index in [1.54, 1.807) is 19.0 Å². The molecule has 1 aromatic heterocycles. The number of hydrogen-bond acceptors (Lipinski definition) is 5. The zero-order valence-electron chi connectivity index (χ0n) is 23.7. The summed E-state index contributed by atoms with van der Waals surface area (Å²) in [4.78, 5) is 29.2. The van der Waals surface area contributed by atoms with Gasteiger partial charge in [0.15, 0.2) is 0 Å². The van der Waals surface area contributed by atoms with Crippen molar-refractivity contribution >= 4 is 22.7 Å². The van der Waals surface area contributed by atoms with E-state index in [2.05, 4.69) is 32.5 Å². The summed E-state index contributed by atoms with van der Waals surface area (Å²) in [5, 5.41) is 11.9. The van der Waals surface area contributed by atoms with Crippen LogP contribution in [0.2, 0.25) is 0 Å². The summed E-state index contributed by atoms with van der Waals surface area (Å²) in [6, 6.07) is 24.0. The smallest absolute Gasteiger partial charge is 0.251 e. The number of nitrogens with zero attached hydrogens (tertiary/aromatic N) is 3. The number of benzene rings is 3. The molecule has 0 bridgehead atoms. The average Bonchev–Trinajstić information content (AvgIpc) is 3.75. The molecule has 2 N–H and O–H groups in total. The van der Waals surface area contributed by atoms with E-state index in [1.165, 1.54) is 0 Å². The van der Waals surface area contributed by atoms with Crippen LogP contribution in [-0.2, 0) is 4.79 Å². The lowest BCUT2D eigenvalue weighted by Crippen LogP contribution is -2.43. The van der Waals surface area contributed by atoms with Crippen LogP contribution in [-0.4, -0.2) is 71.6 Å². The van der Waals surface area contributed by atoms with Crippen LogP contribution in [0, 0.1) is 5.92 Å². The molecular formula is C33H37N5O3. The van der Waals surface area contributed by atoms with Crippen LogP contribution >= 0.6 is 0 Å². The van der Waals surface area contributed by atoms with Gasteiger partial charge in [0, 0.05) is 43.7 Å². The maximum Gasteiger partial charge on any atom is 0.251 e. The van der Waals surface area contributed by atoms with E-state index < -0.39 is 0 Å². The van der Waals surface area contributed by atoms with Crippen molar-refractivity contribution in [1.82, 2.24) is 25.3 Å². The Morgan fingerprint density at radius 3 is 2.41 bits per heavy atom. The molecule has 1 unspecified atom stereocenters. The summed E-state index contributed by atoms with van der Waals surface area (Å²) in [6.45, 7) is 2.16. The van der Waals surface area contributed by atoms with Gasteiger partial charge in [-0.1, -0.05) is 30.3 Å². The topological polar surface area (TPSA) is 90.6 Å². The van der Waals surface area contributed by atoms with Crippen LogP contribution in [0.1, 0.15) is 47.6 Å². The maximum atomic E-state index is 13.3. The number of aromatic amines is 1. The number of hydrogen-bond donors (Lipinski definition) is 2. The summed E-state index contributed by atoms with van der Waals surface area (Å²) in [7, 11) is 3.58. The van der Waals surface area contributed by atoms with Crippen LogP contribution in [0.15, 0.2) is 72.8 Å². The first kappa shape index (κ1) is 27.0. The first-order valence-corrected chi connectivity index (χ1v) is 14.5. The van der Waals surface area contributed by atoms with Gasteiger partial charge >= 0.3 is 0 Å². The Balaban J connectivity index is 1.11. The summed E-state index contributed by atoms with van der Waals surface area (Å²) >= 11 is 0. The van der Waals surface area contributed by atoms with Gasteiger partial charge in [-0.05, 0) is 79.6 Å². The van der Waals surface area contributed by atoms with Gasteiger partial charge in [-0.25, -0.2) is 0 Å². The Labute approximate surface area is 240 Å². The fourth-order valence-corrected chi connectivity index (χ4v) is 5.56. The van der Waals surface area contributed by atoms with E-state index in [4.69, 9.17) is 4.74 Å². The fraction of sp³-hybridized carbons (Fsp3) is 0.364. The lowest BCUT2D eigenvalue weighted by molar-refractivity contribution is -0.130. The van der Waals surface area contributed by atoms with E-state index in [0.29, 0.717) is 18.0 Å². The number of amides is 2. The highest BCUT2D eigenvalue weighted by molar-refractivity contribution is 6.01. The van der Waals surface area contributed by atoms with E-state index in [1.807, 2.05) is 60.7 Å². The van der Waals surface area contributed by atoms with Crippen LogP contribution in [0.4, 0.5) is 0 Å². The van der Waals surface area contributed by atoms with Crippen LogP contribution in [0.25, 0.3) is 22.2 Å². The van der Waals surface area contributed by atoms with Gasteiger partial charge in [0.1, 0.15) is 11.9 Å². The highest BCUT2D eigenvalue weighted by Gasteiger charge is 2.33. The van der Waals surface area contributed by atoms with Crippen molar-refractivity contribution in [3.63, 3.8) is 0 Å². The summed E-state index contributed by atoms with van der Waals surface area (Å²) in [5.74, 6) is 1.38. The molecule has 2 amide bonds. The Morgan fingerprint density at radius 2 is 1.73 bits per heavy atom. The minimum Gasteiger partial charge on any atom is -0.490 e. The molecule has 2 fully saturated rings. The van der Waals surface area contributed by atoms with E-state index in [9.17, 15) is 9.59 Å². The average molecular weight is 552 g/mol. The number of likely N-dealkylation sites (N-methyl/N-ethyl adjacent to an activating group) is 1. The number of carbonyl (C=O) groups is 2. The quantitative estimate of drug-likeness (QED) is 0.304. The number of H-pyrrole nitrogens is 1. The van der Waals surface area contributed by atoms with Crippen molar-refractivity contribution in [2.75, 3.05) is 33.7 Å². The van der Waals surface area contributed by atoms with Gasteiger partial charge in [-0.15, -0.1) is 0 Å². The second-order valence-corrected chi connectivity index (χ2v) is 11.4. The third-order valence-electron chi connectivity index (χ3n) is 8.19. The second-order valence-electron chi connectivity index (χ2n) is 11.4. The third kappa shape index (κ3) is 6.28. The highest BCUT2D eigenvalue weighted by atomic mass is 16.5. The lowest BCUT2D eigenvalue weighted by atomic mass is 10.0.